The molecular weight excluding hydrogens is 226 g/mol. The van der Waals surface area contributed by atoms with E-state index < -0.39 is 0 Å². The number of aromatic nitrogens is 2. The Bertz CT molecular complexity index is 377. The lowest BCUT2D eigenvalue weighted by molar-refractivity contribution is -0.113. The average Bonchev–Trinajstić information content (AvgIpc) is 2.62. The number of hydrogen-bond acceptors (Lipinski definition) is 3. The number of aldehydes is 1. The zero-order chi connectivity index (χ0) is 11.5. The molecule has 1 fully saturated rings. The zero-order valence-electron chi connectivity index (χ0n) is 9.40. The van der Waals surface area contributed by atoms with E-state index in [-0.39, 0.29) is 6.04 Å². The standard InChI is InChI=1S/C11H16ClN3O/c1-14-10(12)6-13-11(14)7-15-5-3-2-4-9(15)8-16/h6,8-9H,2-5,7H2,1H3. The van der Waals surface area contributed by atoms with E-state index in [0.29, 0.717) is 11.7 Å². The Balaban J connectivity index is 2.07. The smallest absolute Gasteiger partial charge is 0.137 e. The fourth-order valence-corrected chi connectivity index (χ4v) is 2.27. The van der Waals surface area contributed by atoms with E-state index in [2.05, 4.69) is 9.88 Å². The first-order chi connectivity index (χ1) is 7.72. The van der Waals surface area contributed by atoms with Gasteiger partial charge in [-0.25, -0.2) is 4.98 Å². The van der Waals surface area contributed by atoms with E-state index in [0.717, 1.165) is 37.9 Å². The largest absolute Gasteiger partial charge is 0.321 e. The molecule has 0 saturated carbocycles. The van der Waals surface area contributed by atoms with E-state index in [1.165, 1.54) is 0 Å². The molecule has 0 N–H and O–H groups in total. The van der Waals surface area contributed by atoms with Gasteiger partial charge in [0.2, 0.25) is 0 Å². The molecule has 0 aliphatic carbocycles. The lowest BCUT2D eigenvalue weighted by atomic mass is 10.0. The van der Waals surface area contributed by atoms with Crippen LogP contribution in [0.2, 0.25) is 5.15 Å². The summed E-state index contributed by atoms with van der Waals surface area (Å²) < 4.78 is 1.86. The van der Waals surface area contributed by atoms with Crippen molar-refractivity contribution in [1.29, 1.82) is 0 Å². The van der Waals surface area contributed by atoms with E-state index >= 15 is 0 Å². The number of likely N-dealkylation sites (tertiary alicyclic amines) is 1. The van der Waals surface area contributed by atoms with Crippen molar-refractivity contribution >= 4 is 17.9 Å². The highest BCUT2D eigenvalue weighted by molar-refractivity contribution is 6.29. The predicted molar refractivity (Wildman–Crippen MR) is 62.3 cm³/mol. The molecule has 1 atom stereocenters. The molecule has 2 rings (SSSR count). The highest BCUT2D eigenvalue weighted by atomic mass is 35.5. The third kappa shape index (κ3) is 2.28. The second-order valence-corrected chi connectivity index (χ2v) is 4.61. The van der Waals surface area contributed by atoms with Gasteiger partial charge in [-0.1, -0.05) is 18.0 Å². The van der Waals surface area contributed by atoms with Gasteiger partial charge < -0.3 is 9.36 Å². The van der Waals surface area contributed by atoms with Crippen molar-refractivity contribution in [3.8, 4) is 0 Å². The van der Waals surface area contributed by atoms with Crippen molar-refractivity contribution in [1.82, 2.24) is 14.5 Å². The Hall–Kier alpha value is -0.870. The molecule has 1 aliphatic heterocycles. The van der Waals surface area contributed by atoms with Gasteiger partial charge in [0.1, 0.15) is 17.3 Å². The third-order valence-electron chi connectivity index (χ3n) is 3.19. The van der Waals surface area contributed by atoms with Crippen LogP contribution >= 0.6 is 11.6 Å². The maximum atomic E-state index is 11.0. The van der Waals surface area contributed by atoms with Gasteiger partial charge in [-0.05, 0) is 19.4 Å². The maximum Gasteiger partial charge on any atom is 0.137 e. The van der Waals surface area contributed by atoms with Gasteiger partial charge in [0.25, 0.3) is 0 Å². The van der Waals surface area contributed by atoms with Gasteiger partial charge in [-0.15, -0.1) is 0 Å². The first-order valence-corrected chi connectivity index (χ1v) is 5.95. The van der Waals surface area contributed by atoms with Gasteiger partial charge >= 0.3 is 0 Å². The van der Waals surface area contributed by atoms with Crippen molar-refractivity contribution in [2.45, 2.75) is 31.8 Å². The van der Waals surface area contributed by atoms with Crippen LogP contribution < -0.4 is 0 Å². The molecule has 1 aliphatic rings. The number of rotatable bonds is 3. The molecule has 16 heavy (non-hydrogen) atoms. The highest BCUT2D eigenvalue weighted by Crippen LogP contribution is 2.19. The molecule has 0 aromatic carbocycles. The molecule has 0 bridgehead atoms. The summed E-state index contributed by atoms with van der Waals surface area (Å²) in [5.41, 5.74) is 0. The number of carbonyl (C=O) groups excluding carboxylic acids is 1. The maximum absolute atomic E-state index is 11.0. The normalized spacial score (nSPS) is 22.2. The molecule has 1 saturated heterocycles. The average molecular weight is 242 g/mol. The first kappa shape index (κ1) is 11.6. The van der Waals surface area contributed by atoms with Gasteiger partial charge in [0.05, 0.1) is 18.8 Å². The van der Waals surface area contributed by atoms with Crippen LogP contribution in [0, 0.1) is 0 Å². The molecule has 4 nitrogen and oxygen atoms in total. The van der Waals surface area contributed by atoms with Gasteiger partial charge in [-0.2, -0.15) is 0 Å². The molecule has 1 aromatic heterocycles. The molecule has 1 aromatic rings. The molecular formula is C11H16ClN3O. The van der Waals surface area contributed by atoms with E-state index in [1.54, 1.807) is 6.20 Å². The van der Waals surface area contributed by atoms with Crippen LogP contribution in [0.15, 0.2) is 6.20 Å². The second-order valence-electron chi connectivity index (χ2n) is 4.23. The first-order valence-electron chi connectivity index (χ1n) is 5.58. The van der Waals surface area contributed by atoms with Crippen molar-refractivity contribution in [3.05, 3.63) is 17.2 Å². The topological polar surface area (TPSA) is 38.1 Å². The lowest BCUT2D eigenvalue weighted by Gasteiger charge is -2.31. The number of nitrogens with zero attached hydrogens (tertiary/aromatic N) is 3. The SMILES string of the molecule is Cn1c(Cl)cnc1CN1CCCCC1C=O. The van der Waals surface area contributed by atoms with Gasteiger partial charge in [0, 0.05) is 7.05 Å². The van der Waals surface area contributed by atoms with Gasteiger partial charge in [-0.3, -0.25) is 4.90 Å². The highest BCUT2D eigenvalue weighted by Gasteiger charge is 2.23. The quantitative estimate of drug-likeness (QED) is 0.755. The summed E-state index contributed by atoms with van der Waals surface area (Å²) in [6, 6.07) is 0.0456. The van der Waals surface area contributed by atoms with Crippen LogP contribution in [0.5, 0.6) is 0 Å². The van der Waals surface area contributed by atoms with Crippen LogP contribution in [-0.4, -0.2) is 33.3 Å². The van der Waals surface area contributed by atoms with E-state index in [4.69, 9.17) is 11.6 Å². The van der Waals surface area contributed by atoms with Crippen LogP contribution in [0.25, 0.3) is 0 Å². The predicted octanol–water partition coefficient (Wildman–Crippen LogP) is 1.63. The molecule has 2 heterocycles. The van der Waals surface area contributed by atoms with Crippen LogP contribution in [-0.2, 0) is 18.4 Å². The minimum atomic E-state index is 0.0456. The monoisotopic (exact) mass is 241 g/mol. The summed E-state index contributed by atoms with van der Waals surface area (Å²) in [7, 11) is 1.89. The number of imidazole rings is 1. The minimum Gasteiger partial charge on any atom is -0.321 e. The Morgan fingerprint density at radius 1 is 1.62 bits per heavy atom. The van der Waals surface area contributed by atoms with Crippen molar-refractivity contribution in [2.24, 2.45) is 7.05 Å². The summed E-state index contributed by atoms with van der Waals surface area (Å²) in [5.74, 6) is 0.916. The molecule has 0 amide bonds. The summed E-state index contributed by atoms with van der Waals surface area (Å²) in [5, 5.41) is 0.634. The van der Waals surface area contributed by atoms with Gasteiger partial charge in [0.15, 0.2) is 0 Å². The number of piperidine rings is 1. The van der Waals surface area contributed by atoms with Crippen molar-refractivity contribution < 1.29 is 4.79 Å². The lowest BCUT2D eigenvalue weighted by Crippen LogP contribution is -2.40. The molecule has 5 heteroatoms. The van der Waals surface area contributed by atoms with Crippen LogP contribution in [0.4, 0.5) is 0 Å². The summed E-state index contributed by atoms with van der Waals surface area (Å²) in [6.07, 6.45) is 5.95. The van der Waals surface area contributed by atoms with Crippen LogP contribution in [0.1, 0.15) is 25.1 Å². The molecule has 88 valence electrons. The number of hydrogen-bond donors (Lipinski definition) is 0. The Morgan fingerprint density at radius 3 is 3.06 bits per heavy atom. The van der Waals surface area contributed by atoms with Crippen molar-refractivity contribution in [2.75, 3.05) is 6.54 Å². The van der Waals surface area contributed by atoms with Crippen molar-refractivity contribution in [3.63, 3.8) is 0 Å². The number of halogens is 1. The van der Waals surface area contributed by atoms with Crippen LogP contribution in [0.3, 0.4) is 0 Å². The van der Waals surface area contributed by atoms with E-state index in [1.807, 2.05) is 11.6 Å². The fraction of sp³-hybridized carbons (Fsp3) is 0.636. The Morgan fingerprint density at radius 2 is 2.44 bits per heavy atom. The molecule has 0 radical (unpaired) electrons. The second kappa shape index (κ2) is 4.97. The summed E-state index contributed by atoms with van der Waals surface area (Å²) in [4.78, 5) is 17.4. The summed E-state index contributed by atoms with van der Waals surface area (Å²) in [6.45, 7) is 1.67. The summed E-state index contributed by atoms with van der Waals surface area (Å²) >= 11 is 5.93. The fourth-order valence-electron chi connectivity index (χ4n) is 2.12. The Kier molecular flexibility index (Phi) is 3.61. The molecule has 1 unspecified atom stereocenters. The van der Waals surface area contributed by atoms with E-state index in [9.17, 15) is 4.79 Å². The number of carbonyl (C=O) groups is 1. The minimum absolute atomic E-state index is 0.0456. The Labute approximate surface area is 100 Å². The zero-order valence-corrected chi connectivity index (χ0v) is 10.2. The molecule has 0 spiro atoms. The third-order valence-corrected chi connectivity index (χ3v) is 3.54.